The first-order chi connectivity index (χ1) is 11.4. The van der Waals surface area contributed by atoms with E-state index in [4.69, 9.17) is 11.6 Å². The number of rotatable bonds is 3. The highest BCUT2D eigenvalue weighted by molar-refractivity contribution is 9.10. The van der Waals surface area contributed by atoms with Gasteiger partial charge in [0.05, 0.1) is 4.92 Å². The molecule has 2 aromatic rings. The maximum atomic E-state index is 11.1. The van der Waals surface area contributed by atoms with E-state index in [2.05, 4.69) is 20.8 Å². The number of phenolic OH excluding ortho intramolecular Hbond substituents is 1. The topological polar surface area (TPSA) is 66.6 Å². The summed E-state index contributed by atoms with van der Waals surface area (Å²) in [7, 11) is 2.00. The average Bonchev–Trinajstić information content (AvgIpc) is 2.91. The molecule has 5 nitrogen and oxygen atoms in total. The summed E-state index contributed by atoms with van der Waals surface area (Å²) in [6.07, 6.45) is 0. The molecule has 2 atom stereocenters. The van der Waals surface area contributed by atoms with E-state index in [0.717, 1.165) is 28.7 Å². The highest BCUT2D eigenvalue weighted by atomic mass is 79.9. The van der Waals surface area contributed by atoms with Crippen molar-refractivity contribution in [2.24, 2.45) is 0 Å². The predicted octanol–water partition coefficient (Wildman–Crippen LogP) is 4.53. The lowest BCUT2D eigenvalue weighted by molar-refractivity contribution is -0.384. The Balaban J connectivity index is 2.07. The van der Waals surface area contributed by atoms with Gasteiger partial charge in [0, 0.05) is 52.1 Å². The first-order valence-electron chi connectivity index (χ1n) is 7.47. The largest absolute Gasteiger partial charge is 0.508 e. The van der Waals surface area contributed by atoms with Crippen molar-refractivity contribution in [2.75, 3.05) is 20.1 Å². The van der Waals surface area contributed by atoms with Crippen molar-refractivity contribution in [3.63, 3.8) is 0 Å². The zero-order valence-corrected chi connectivity index (χ0v) is 15.3. The third kappa shape index (κ3) is 3.27. The van der Waals surface area contributed by atoms with E-state index in [1.807, 2.05) is 7.05 Å². The number of nitro benzene ring substituents is 1. The molecule has 0 bridgehead atoms. The van der Waals surface area contributed by atoms with Crippen LogP contribution < -0.4 is 0 Å². The second-order valence-corrected chi connectivity index (χ2v) is 7.39. The molecule has 0 aromatic heterocycles. The number of phenols is 1. The highest BCUT2D eigenvalue weighted by Gasteiger charge is 2.36. The molecular weight excluding hydrogens is 396 g/mol. The lowest BCUT2D eigenvalue weighted by Gasteiger charge is -2.21. The molecule has 1 N–H and O–H groups in total. The van der Waals surface area contributed by atoms with Gasteiger partial charge in [0.2, 0.25) is 0 Å². The van der Waals surface area contributed by atoms with Crippen molar-refractivity contribution in [1.29, 1.82) is 0 Å². The molecule has 2 aromatic carbocycles. The van der Waals surface area contributed by atoms with Crippen LogP contribution in [-0.2, 0) is 0 Å². The summed E-state index contributed by atoms with van der Waals surface area (Å²) in [5.74, 6) is 0.229. The summed E-state index contributed by atoms with van der Waals surface area (Å²) in [5, 5.41) is 21.9. The van der Waals surface area contributed by atoms with Gasteiger partial charge in [-0.15, -0.1) is 0 Å². The Morgan fingerprint density at radius 1 is 1.21 bits per heavy atom. The lowest BCUT2D eigenvalue weighted by Crippen LogP contribution is -2.13. The number of likely N-dealkylation sites (tertiary alicyclic amines) is 1. The molecule has 126 valence electrons. The van der Waals surface area contributed by atoms with Crippen molar-refractivity contribution < 1.29 is 10.0 Å². The van der Waals surface area contributed by atoms with E-state index in [1.54, 1.807) is 30.3 Å². The Kier molecular flexibility index (Phi) is 4.80. The third-order valence-electron chi connectivity index (χ3n) is 4.48. The second kappa shape index (κ2) is 6.70. The van der Waals surface area contributed by atoms with Crippen molar-refractivity contribution in [1.82, 2.24) is 4.90 Å². The van der Waals surface area contributed by atoms with Gasteiger partial charge < -0.3 is 10.0 Å². The van der Waals surface area contributed by atoms with Gasteiger partial charge in [-0.2, -0.15) is 0 Å². The minimum Gasteiger partial charge on any atom is -0.508 e. The Bertz CT molecular complexity index is 799. The van der Waals surface area contributed by atoms with Crippen LogP contribution in [0.3, 0.4) is 0 Å². The fraction of sp³-hybridized carbons (Fsp3) is 0.294. The van der Waals surface area contributed by atoms with E-state index >= 15 is 0 Å². The number of hydrogen-bond donors (Lipinski definition) is 1. The number of nitro groups is 1. The molecule has 1 fully saturated rings. The molecule has 1 heterocycles. The highest BCUT2D eigenvalue weighted by Crippen LogP contribution is 2.45. The summed E-state index contributed by atoms with van der Waals surface area (Å²) < 4.78 is 0.833. The fourth-order valence-corrected chi connectivity index (χ4v) is 4.10. The minimum atomic E-state index is -0.388. The molecule has 0 saturated carbocycles. The van der Waals surface area contributed by atoms with Gasteiger partial charge in [-0.3, -0.25) is 10.1 Å². The van der Waals surface area contributed by atoms with Crippen LogP contribution in [0.2, 0.25) is 5.02 Å². The molecular formula is C17H16BrClN2O3. The van der Waals surface area contributed by atoms with E-state index < -0.39 is 0 Å². The Morgan fingerprint density at radius 3 is 2.54 bits per heavy atom. The summed E-state index contributed by atoms with van der Waals surface area (Å²) in [5.41, 5.74) is 1.71. The van der Waals surface area contributed by atoms with Crippen molar-refractivity contribution in [3.8, 4) is 5.75 Å². The van der Waals surface area contributed by atoms with Gasteiger partial charge in [-0.1, -0.05) is 27.5 Å². The average molecular weight is 412 g/mol. The summed E-state index contributed by atoms with van der Waals surface area (Å²) >= 11 is 9.61. The molecule has 24 heavy (non-hydrogen) atoms. The summed E-state index contributed by atoms with van der Waals surface area (Å²) in [4.78, 5) is 12.9. The normalized spacial score (nSPS) is 21.1. The van der Waals surface area contributed by atoms with Gasteiger partial charge in [-0.05, 0) is 36.9 Å². The van der Waals surface area contributed by atoms with Crippen molar-refractivity contribution >= 4 is 33.2 Å². The molecule has 1 aliphatic heterocycles. The number of aromatic hydroxyl groups is 1. The van der Waals surface area contributed by atoms with Crippen LogP contribution in [0.15, 0.2) is 40.9 Å². The number of nitrogens with zero attached hydrogens (tertiary/aromatic N) is 2. The smallest absolute Gasteiger partial charge is 0.269 e. The van der Waals surface area contributed by atoms with Crippen LogP contribution in [0.25, 0.3) is 0 Å². The monoisotopic (exact) mass is 410 g/mol. The molecule has 0 aliphatic carbocycles. The van der Waals surface area contributed by atoms with Gasteiger partial charge in [0.15, 0.2) is 0 Å². The molecule has 1 aliphatic rings. The quantitative estimate of drug-likeness (QED) is 0.595. The van der Waals surface area contributed by atoms with Crippen LogP contribution in [0.5, 0.6) is 5.75 Å². The van der Waals surface area contributed by atoms with Crippen LogP contribution in [-0.4, -0.2) is 35.1 Å². The van der Waals surface area contributed by atoms with E-state index in [1.165, 1.54) is 6.07 Å². The van der Waals surface area contributed by atoms with Crippen molar-refractivity contribution in [3.05, 3.63) is 67.1 Å². The number of hydrogen-bond acceptors (Lipinski definition) is 4. The fourth-order valence-electron chi connectivity index (χ4n) is 3.38. The second-order valence-electron chi connectivity index (χ2n) is 6.10. The van der Waals surface area contributed by atoms with E-state index in [0.29, 0.717) is 5.02 Å². The predicted molar refractivity (Wildman–Crippen MR) is 96.9 cm³/mol. The number of halogens is 2. The maximum absolute atomic E-state index is 11.1. The van der Waals surface area contributed by atoms with E-state index in [9.17, 15) is 15.2 Å². The van der Waals surface area contributed by atoms with Crippen LogP contribution in [0, 0.1) is 10.1 Å². The van der Waals surface area contributed by atoms with E-state index in [-0.39, 0.29) is 28.2 Å². The van der Waals surface area contributed by atoms with Crippen LogP contribution in [0.4, 0.5) is 5.69 Å². The molecule has 0 spiro atoms. The molecule has 0 unspecified atom stereocenters. The Labute approximate surface area is 153 Å². The standard InChI is InChI=1S/C17H16BrClN2O3/c1-20-8-14(12-7-11(21(23)24)3-4-16(12)18)15(9-20)13-6-10(19)2-5-17(13)22/h2-7,14-15,22H,8-9H2,1H3/t14-,15-/m0/s1. The molecule has 0 radical (unpaired) electrons. The molecule has 7 heteroatoms. The Morgan fingerprint density at radius 2 is 1.88 bits per heavy atom. The van der Waals surface area contributed by atoms with Gasteiger partial charge >= 0.3 is 0 Å². The third-order valence-corrected chi connectivity index (χ3v) is 5.44. The zero-order valence-electron chi connectivity index (χ0n) is 12.9. The lowest BCUT2D eigenvalue weighted by atomic mass is 9.83. The molecule has 3 rings (SSSR count). The number of likely N-dealkylation sites (N-methyl/N-ethyl adjacent to an activating group) is 1. The maximum Gasteiger partial charge on any atom is 0.269 e. The van der Waals surface area contributed by atoms with Crippen molar-refractivity contribution in [2.45, 2.75) is 11.8 Å². The Hall–Kier alpha value is -1.63. The van der Waals surface area contributed by atoms with Gasteiger partial charge in [0.1, 0.15) is 5.75 Å². The number of non-ortho nitro benzene ring substituents is 1. The zero-order chi connectivity index (χ0) is 17.4. The minimum absolute atomic E-state index is 0.00649. The summed E-state index contributed by atoms with van der Waals surface area (Å²) in [6.45, 7) is 1.49. The number of benzene rings is 2. The summed E-state index contributed by atoms with van der Waals surface area (Å²) in [6, 6.07) is 9.83. The molecule has 1 saturated heterocycles. The molecule has 0 amide bonds. The van der Waals surface area contributed by atoms with Gasteiger partial charge in [0.25, 0.3) is 5.69 Å². The first-order valence-corrected chi connectivity index (χ1v) is 8.64. The van der Waals surface area contributed by atoms with Gasteiger partial charge in [-0.25, -0.2) is 0 Å². The van der Waals surface area contributed by atoms with Crippen LogP contribution >= 0.6 is 27.5 Å². The SMILES string of the molecule is CN1C[C@@H](c2cc(Cl)ccc2O)[C@H](c2cc([N+](=O)[O-])ccc2Br)C1. The first kappa shape index (κ1) is 17.2. The van der Waals surface area contributed by atoms with Crippen LogP contribution in [0.1, 0.15) is 23.0 Å².